The number of hydrogen-bond acceptors (Lipinski definition) is 3. The molecular weight excluding hydrogens is 206 g/mol. The van der Waals surface area contributed by atoms with E-state index in [9.17, 15) is 0 Å². The number of benzene rings is 1. The Morgan fingerprint density at radius 3 is 2.93 bits per heavy atom. The Labute approximate surface area is 93.6 Å². The molecule has 0 aliphatic rings. The average molecular weight is 219 g/mol. The number of rotatable bonds is 4. The quantitative estimate of drug-likeness (QED) is 0.787. The third kappa shape index (κ3) is 2.57. The van der Waals surface area contributed by atoms with Gasteiger partial charge in [-0.2, -0.15) is 0 Å². The highest BCUT2D eigenvalue weighted by Gasteiger charge is 2.01. The van der Waals surface area contributed by atoms with Crippen molar-refractivity contribution in [3.8, 4) is 5.75 Å². The first-order valence-corrected chi connectivity index (χ1v) is 5.92. The molecule has 0 bridgehead atoms. The number of hydrogen-bond donors (Lipinski definition) is 0. The molecule has 0 spiro atoms. The van der Waals surface area contributed by atoms with Crippen LogP contribution >= 0.6 is 11.3 Å². The van der Waals surface area contributed by atoms with Crippen LogP contribution in [0.4, 0.5) is 0 Å². The van der Waals surface area contributed by atoms with Crippen molar-refractivity contribution in [1.29, 1.82) is 0 Å². The van der Waals surface area contributed by atoms with Gasteiger partial charge in [-0.05, 0) is 18.1 Å². The van der Waals surface area contributed by atoms with Crippen LogP contribution in [0.2, 0.25) is 0 Å². The molecule has 1 aromatic carbocycles. The monoisotopic (exact) mass is 219 g/mol. The van der Waals surface area contributed by atoms with Crippen molar-refractivity contribution in [2.24, 2.45) is 0 Å². The molecule has 0 aliphatic carbocycles. The van der Waals surface area contributed by atoms with Gasteiger partial charge in [-0.15, -0.1) is 11.3 Å². The molecule has 0 saturated heterocycles. The number of aryl methyl sites for hydroxylation is 1. The van der Waals surface area contributed by atoms with E-state index >= 15 is 0 Å². The molecule has 0 fully saturated rings. The normalized spacial score (nSPS) is 10.2. The van der Waals surface area contributed by atoms with Crippen LogP contribution in [-0.4, -0.2) is 4.98 Å². The van der Waals surface area contributed by atoms with Crippen LogP contribution in [0.5, 0.6) is 5.75 Å². The Bertz CT molecular complexity index is 411. The molecular formula is C12H13NOS. The third-order valence-corrected chi connectivity index (χ3v) is 2.85. The molecule has 0 saturated carbocycles. The van der Waals surface area contributed by atoms with Gasteiger partial charge in [-0.25, -0.2) is 4.98 Å². The molecule has 0 atom stereocenters. The van der Waals surface area contributed by atoms with Crippen molar-refractivity contribution in [3.63, 3.8) is 0 Å². The van der Waals surface area contributed by atoms with Gasteiger partial charge < -0.3 is 4.74 Å². The number of thiazole rings is 1. The van der Waals surface area contributed by atoms with Crippen LogP contribution < -0.4 is 4.74 Å². The average Bonchev–Trinajstić information content (AvgIpc) is 2.79. The van der Waals surface area contributed by atoms with E-state index in [2.05, 4.69) is 18.0 Å². The molecule has 0 aliphatic heterocycles. The van der Waals surface area contributed by atoms with Crippen LogP contribution in [0.15, 0.2) is 35.2 Å². The molecule has 2 rings (SSSR count). The summed E-state index contributed by atoms with van der Waals surface area (Å²) in [6.45, 7) is 2.69. The Morgan fingerprint density at radius 1 is 1.33 bits per heavy atom. The minimum absolute atomic E-state index is 0.556. The molecule has 1 aromatic heterocycles. The van der Waals surface area contributed by atoms with Gasteiger partial charge in [0.15, 0.2) is 0 Å². The van der Waals surface area contributed by atoms with Crippen LogP contribution in [0, 0.1) is 0 Å². The molecule has 78 valence electrons. The lowest BCUT2D eigenvalue weighted by Crippen LogP contribution is -1.97. The summed E-state index contributed by atoms with van der Waals surface area (Å²) in [5.41, 5.74) is 4.06. The van der Waals surface area contributed by atoms with Gasteiger partial charge in [-0.3, -0.25) is 0 Å². The summed E-state index contributed by atoms with van der Waals surface area (Å²) in [6.07, 6.45) is 0.993. The van der Waals surface area contributed by atoms with Crippen LogP contribution in [0.3, 0.4) is 0 Å². The summed E-state index contributed by atoms with van der Waals surface area (Å²) in [6, 6.07) is 8.13. The van der Waals surface area contributed by atoms with E-state index in [-0.39, 0.29) is 0 Å². The van der Waals surface area contributed by atoms with E-state index in [1.54, 1.807) is 11.3 Å². The summed E-state index contributed by atoms with van der Waals surface area (Å²) in [5.74, 6) is 0.966. The second kappa shape index (κ2) is 4.94. The molecule has 1 heterocycles. The lowest BCUT2D eigenvalue weighted by atomic mass is 10.1. The predicted molar refractivity (Wildman–Crippen MR) is 62.3 cm³/mol. The Morgan fingerprint density at radius 2 is 2.20 bits per heavy atom. The van der Waals surface area contributed by atoms with E-state index < -0.39 is 0 Å². The predicted octanol–water partition coefficient (Wildman–Crippen LogP) is 3.28. The summed E-state index contributed by atoms with van der Waals surface area (Å²) in [4.78, 5) is 4.18. The summed E-state index contributed by atoms with van der Waals surface area (Å²) in [7, 11) is 0. The maximum atomic E-state index is 5.72. The fourth-order valence-corrected chi connectivity index (χ4v) is 1.94. The lowest BCUT2D eigenvalue weighted by molar-refractivity contribution is 0.299. The Hall–Kier alpha value is -1.35. The van der Waals surface area contributed by atoms with Crippen LogP contribution in [0.25, 0.3) is 0 Å². The second-order valence-corrected chi connectivity index (χ2v) is 3.95. The molecule has 0 amide bonds. The summed E-state index contributed by atoms with van der Waals surface area (Å²) in [5, 5.41) is 2.01. The van der Waals surface area contributed by atoms with Gasteiger partial charge >= 0.3 is 0 Å². The van der Waals surface area contributed by atoms with Crippen molar-refractivity contribution in [3.05, 3.63) is 46.4 Å². The van der Waals surface area contributed by atoms with Crippen molar-refractivity contribution < 1.29 is 4.74 Å². The number of ether oxygens (including phenoxy) is 1. The zero-order chi connectivity index (χ0) is 10.5. The number of para-hydroxylation sites is 1. The van der Waals surface area contributed by atoms with Crippen LogP contribution in [0.1, 0.15) is 18.2 Å². The zero-order valence-electron chi connectivity index (χ0n) is 8.64. The second-order valence-electron chi connectivity index (χ2n) is 3.23. The topological polar surface area (TPSA) is 22.1 Å². The first kappa shape index (κ1) is 10.2. The van der Waals surface area contributed by atoms with Gasteiger partial charge in [-0.1, -0.05) is 25.1 Å². The van der Waals surface area contributed by atoms with E-state index in [0.29, 0.717) is 6.61 Å². The number of nitrogens with zero attached hydrogens (tertiary/aromatic N) is 1. The molecule has 0 radical (unpaired) electrons. The first-order chi connectivity index (χ1) is 7.40. The minimum atomic E-state index is 0.556. The maximum absolute atomic E-state index is 5.72. The standard InChI is InChI=1S/C12H13NOS/c1-2-10-5-3-4-6-12(10)14-7-11-8-15-9-13-11/h3-6,8-9H,2,7H2,1H3. The van der Waals surface area contributed by atoms with Gasteiger partial charge in [0.05, 0.1) is 11.2 Å². The summed E-state index contributed by atoms with van der Waals surface area (Å²) < 4.78 is 5.72. The number of aromatic nitrogens is 1. The van der Waals surface area contributed by atoms with Gasteiger partial charge in [0.25, 0.3) is 0 Å². The highest BCUT2D eigenvalue weighted by Crippen LogP contribution is 2.19. The maximum Gasteiger partial charge on any atom is 0.131 e. The third-order valence-electron chi connectivity index (χ3n) is 2.21. The van der Waals surface area contributed by atoms with E-state index in [1.807, 2.05) is 29.1 Å². The van der Waals surface area contributed by atoms with E-state index in [1.165, 1.54) is 5.56 Å². The van der Waals surface area contributed by atoms with Gasteiger partial charge in [0.2, 0.25) is 0 Å². The molecule has 0 unspecified atom stereocenters. The van der Waals surface area contributed by atoms with E-state index in [0.717, 1.165) is 17.9 Å². The molecule has 2 aromatic rings. The van der Waals surface area contributed by atoms with Gasteiger partial charge in [0.1, 0.15) is 12.4 Å². The van der Waals surface area contributed by atoms with E-state index in [4.69, 9.17) is 4.74 Å². The summed E-state index contributed by atoms with van der Waals surface area (Å²) >= 11 is 1.59. The van der Waals surface area contributed by atoms with Crippen molar-refractivity contribution in [2.75, 3.05) is 0 Å². The Balaban J connectivity index is 2.04. The van der Waals surface area contributed by atoms with Crippen LogP contribution in [-0.2, 0) is 13.0 Å². The fourth-order valence-electron chi connectivity index (χ4n) is 1.40. The first-order valence-electron chi connectivity index (χ1n) is 4.98. The van der Waals surface area contributed by atoms with Crippen molar-refractivity contribution >= 4 is 11.3 Å². The van der Waals surface area contributed by atoms with Crippen molar-refractivity contribution in [1.82, 2.24) is 4.98 Å². The largest absolute Gasteiger partial charge is 0.487 e. The van der Waals surface area contributed by atoms with Crippen molar-refractivity contribution in [2.45, 2.75) is 20.0 Å². The fraction of sp³-hybridized carbons (Fsp3) is 0.250. The lowest BCUT2D eigenvalue weighted by Gasteiger charge is -2.08. The zero-order valence-corrected chi connectivity index (χ0v) is 9.46. The highest BCUT2D eigenvalue weighted by atomic mass is 32.1. The smallest absolute Gasteiger partial charge is 0.131 e. The highest BCUT2D eigenvalue weighted by molar-refractivity contribution is 7.07. The Kier molecular flexibility index (Phi) is 3.35. The SMILES string of the molecule is CCc1ccccc1OCc1cscn1. The molecule has 2 nitrogen and oxygen atoms in total. The molecule has 3 heteroatoms. The molecule has 15 heavy (non-hydrogen) atoms. The molecule has 0 N–H and O–H groups in total. The van der Waals surface area contributed by atoms with Gasteiger partial charge in [0, 0.05) is 5.38 Å². The minimum Gasteiger partial charge on any atom is -0.487 e.